The van der Waals surface area contributed by atoms with Crippen LogP contribution >= 0.6 is 0 Å². The zero-order valence-electron chi connectivity index (χ0n) is 20.3. The van der Waals surface area contributed by atoms with Crippen molar-refractivity contribution in [3.8, 4) is 0 Å². The molecule has 0 amide bonds. The first-order chi connectivity index (χ1) is 16.1. The van der Waals surface area contributed by atoms with Crippen LogP contribution in [0.5, 0.6) is 0 Å². The zero-order chi connectivity index (χ0) is 26.3. The van der Waals surface area contributed by atoms with Crippen molar-refractivity contribution in [1.29, 1.82) is 0 Å². The molecule has 0 heterocycles. The molecule has 4 rings (SSSR count). The van der Waals surface area contributed by atoms with Gasteiger partial charge in [-0.3, -0.25) is 14.4 Å². The van der Waals surface area contributed by atoms with Crippen molar-refractivity contribution in [3.05, 3.63) is 11.6 Å². The summed E-state index contributed by atoms with van der Waals surface area (Å²) in [7, 11) is 0. The average molecular weight is 502 g/mol. The van der Waals surface area contributed by atoms with Crippen molar-refractivity contribution in [3.63, 3.8) is 0 Å². The quantitative estimate of drug-likeness (QED) is 0.532. The Labute approximate surface area is 202 Å². The Morgan fingerprint density at radius 3 is 2.29 bits per heavy atom. The minimum absolute atomic E-state index is 0.0391. The van der Waals surface area contributed by atoms with Crippen molar-refractivity contribution in [1.82, 2.24) is 5.32 Å². The molecule has 0 aromatic rings. The van der Waals surface area contributed by atoms with E-state index >= 15 is 0 Å². The molecule has 0 radical (unpaired) electrons. The highest BCUT2D eigenvalue weighted by atomic mass is 19.4. The Morgan fingerprint density at radius 2 is 1.74 bits per heavy atom. The number of carboxylic acids is 2. The van der Waals surface area contributed by atoms with Gasteiger partial charge in [0.25, 0.3) is 0 Å². The Bertz CT molecular complexity index is 931. The van der Waals surface area contributed by atoms with Crippen molar-refractivity contribution in [2.75, 3.05) is 6.54 Å². The number of nitrogens with one attached hydrogen (secondary N) is 1. The summed E-state index contributed by atoms with van der Waals surface area (Å²) in [6.45, 7) is 6.26. The van der Waals surface area contributed by atoms with Crippen LogP contribution in [0.1, 0.15) is 65.7 Å². The lowest BCUT2D eigenvalue weighted by Crippen LogP contribution is -2.61. The fourth-order valence-corrected chi connectivity index (χ4v) is 7.83. The van der Waals surface area contributed by atoms with E-state index in [0.717, 1.165) is 38.5 Å². The second-order valence-electron chi connectivity index (χ2n) is 11.0. The zero-order valence-corrected chi connectivity index (χ0v) is 20.3. The van der Waals surface area contributed by atoms with Crippen LogP contribution < -0.4 is 5.32 Å². The summed E-state index contributed by atoms with van der Waals surface area (Å²) < 4.78 is 31.7. The summed E-state index contributed by atoms with van der Waals surface area (Å²) in [5.74, 6) is -1.64. The highest BCUT2D eigenvalue weighted by molar-refractivity contribution is 5.91. The third kappa shape index (κ3) is 5.17. The second kappa shape index (κ2) is 9.67. The smallest absolute Gasteiger partial charge is 0.480 e. The Kier molecular flexibility index (Phi) is 7.56. The molecule has 0 aromatic carbocycles. The molecule has 3 N–H and O–H groups in total. The van der Waals surface area contributed by atoms with Gasteiger partial charge in [-0.15, -0.1) is 0 Å². The number of rotatable bonds is 4. The number of fused-ring (bicyclic) bond motifs is 5. The number of hydrogen-bond acceptors (Lipinski definition) is 5. The van der Waals surface area contributed by atoms with Gasteiger partial charge in [0, 0.05) is 18.4 Å². The van der Waals surface area contributed by atoms with Gasteiger partial charge in [-0.05, 0) is 80.1 Å². The predicted octanol–water partition coefficient (Wildman–Crippen LogP) is 4.01. The summed E-state index contributed by atoms with van der Waals surface area (Å²) in [6, 6.07) is 0.0733. The number of halogens is 3. The summed E-state index contributed by atoms with van der Waals surface area (Å²) in [5, 5.41) is 19.8. The normalized spacial score (nSPS) is 38.2. The number of hydrogen-bond donors (Lipinski definition) is 3. The first-order valence-corrected chi connectivity index (χ1v) is 12.1. The highest BCUT2D eigenvalue weighted by Crippen LogP contribution is 2.66. The Morgan fingerprint density at radius 1 is 1.11 bits per heavy atom. The van der Waals surface area contributed by atoms with E-state index in [1.54, 1.807) is 6.92 Å². The molecule has 0 bridgehead atoms. The topological polar surface area (TPSA) is 121 Å². The molecule has 0 aliphatic heterocycles. The summed E-state index contributed by atoms with van der Waals surface area (Å²) in [6.07, 6.45) is 3.19. The number of carbonyl (C=O) groups excluding carboxylic acids is 2. The van der Waals surface area contributed by atoms with E-state index in [4.69, 9.17) is 9.90 Å². The van der Waals surface area contributed by atoms with E-state index in [2.05, 4.69) is 19.2 Å². The summed E-state index contributed by atoms with van der Waals surface area (Å²) in [4.78, 5) is 44.7. The first kappa shape index (κ1) is 27.4. The van der Waals surface area contributed by atoms with Gasteiger partial charge in [-0.2, -0.15) is 13.2 Å². The van der Waals surface area contributed by atoms with E-state index in [-0.39, 0.29) is 40.9 Å². The fraction of sp³-hybridized carbons (Fsp3) is 0.760. The molecule has 10 heteroatoms. The van der Waals surface area contributed by atoms with E-state index in [1.807, 2.05) is 6.08 Å². The third-order valence-corrected chi connectivity index (χ3v) is 9.17. The third-order valence-electron chi connectivity index (χ3n) is 9.17. The maximum atomic E-state index is 12.4. The van der Waals surface area contributed by atoms with Crippen LogP contribution in [0.2, 0.25) is 0 Å². The number of carboxylic acid groups (broad SMARTS) is 2. The van der Waals surface area contributed by atoms with Crippen molar-refractivity contribution >= 4 is 23.5 Å². The fourth-order valence-electron chi connectivity index (χ4n) is 7.83. The Balaban J connectivity index is 0.000000429. The van der Waals surface area contributed by atoms with Crippen molar-refractivity contribution in [2.24, 2.45) is 34.5 Å². The molecular weight excluding hydrogens is 467 g/mol. The van der Waals surface area contributed by atoms with Gasteiger partial charge >= 0.3 is 18.1 Å². The molecule has 0 saturated heterocycles. The SMILES string of the molecule is CC(=O)[C@H]1CC[C@H]2[C@@H]3CCC4=CC(=O)CC[C@]4(C)[C@H]3[C@@H](NCC(=O)O)C[C@]12C.O=C(O)C(F)(F)F. The highest BCUT2D eigenvalue weighted by Gasteiger charge is 2.62. The van der Waals surface area contributed by atoms with Crippen LogP contribution in [-0.4, -0.2) is 52.5 Å². The number of Topliss-reactive ketones (excluding diaryl/α,β-unsaturated/α-hetero) is 1. The van der Waals surface area contributed by atoms with Crippen LogP contribution in [0.25, 0.3) is 0 Å². The molecule has 0 unspecified atom stereocenters. The second-order valence-corrected chi connectivity index (χ2v) is 11.0. The van der Waals surface area contributed by atoms with Crippen LogP contribution in [0.4, 0.5) is 13.2 Å². The van der Waals surface area contributed by atoms with Crippen molar-refractivity contribution in [2.45, 2.75) is 77.9 Å². The number of aliphatic carboxylic acids is 2. The molecule has 4 aliphatic rings. The molecule has 3 saturated carbocycles. The largest absolute Gasteiger partial charge is 0.490 e. The van der Waals surface area contributed by atoms with Gasteiger partial charge < -0.3 is 15.5 Å². The van der Waals surface area contributed by atoms with Crippen molar-refractivity contribution < 1.29 is 42.6 Å². The number of ketones is 2. The number of carbonyl (C=O) groups is 4. The molecule has 3 fully saturated rings. The number of alkyl halides is 3. The van der Waals surface area contributed by atoms with Crippen LogP contribution in [-0.2, 0) is 19.2 Å². The number of allylic oxidation sites excluding steroid dienone is 1. The average Bonchev–Trinajstić information content (AvgIpc) is 3.09. The molecule has 196 valence electrons. The van der Waals surface area contributed by atoms with Gasteiger partial charge in [0.15, 0.2) is 5.78 Å². The lowest BCUT2D eigenvalue weighted by atomic mass is 9.45. The van der Waals surface area contributed by atoms with Crippen LogP contribution in [0.15, 0.2) is 11.6 Å². The lowest BCUT2D eigenvalue weighted by Gasteiger charge is -2.61. The van der Waals surface area contributed by atoms with Gasteiger partial charge in [0.05, 0.1) is 6.54 Å². The lowest BCUT2D eigenvalue weighted by molar-refractivity contribution is -0.192. The van der Waals surface area contributed by atoms with E-state index in [1.165, 1.54) is 5.57 Å². The summed E-state index contributed by atoms with van der Waals surface area (Å²) >= 11 is 0. The van der Waals surface area contributed by atoms with Crippen LogP contribution in [0.3, 0.4) is 0 Å². The molecule has 7 nitrogen and oxygen atoms in total. The monoisotopic (exact) mass is 501 g/mol. The predicted molar refractivity (Wildman–Crippen MR) is 119 cm³/mol. The Hall–Kier alpha value is -2.23. The van der Waals surface area contributed by atoms with Gasteiger partial charge in [-0.1, -0.05) is 19.4 Å². The molecule has 7 atom stereocenters. The maximum absolute atomic E-state index is 12.4. The van der Waals surface area contributed by atoms with Gasteiger partial charge in [-0.25, -0.2) is 4.79 Å². The maximum Gasteiger partial charge on any atom is 0.490 e. The van der Waals surface area contributed by atoms with Crippen LogP contribution in [0, 0.1) is 34.5 Å². The van der Waals surface area contributed by atoms with E-state index in [9.17, 15) is 32.7 Å². The van der Waals surface area contributed by atoms with E-state index < -0.39 is 18.1 Å². The van der Waals surface area contributed by atoms with Gasteiger partial charge in [0.1, 0.15) is 5.78 Å². The molecule has 35 heavy (non-hydrogen) atoms. The molecule has 4 aliphatic carbocycles. The van der Waals surface area contributed by atoms with Gasteiger partial charge in [0.2, 0.25) is 0 Å². The summed E-state index contributed by atoms with van der Waals surface area (Å²) in [5.41, 5.74) is 1.19. The minimum atomic E-state index is -5.08. The first-order valence-electron chi connectivity index (χ1n) is 12.1. The molecule has 0 spiro atoms. The molecule has 0 aromatic heterocycles. The minimum Gasteiger partial charge on any atom is -0.480 e. The standard InChI is InChI=1S/C23H33NO4.C2HF3O2/c1-13(25)17-6-7-18-16-5-4-14-10-15(26)8-9-22(14,2)21(16)19(11-23(17,18)3)24-12-20(27)28;3-2(4,5)1(6)7/h10,16-19,21,24H,4-9,11-12H2,1-3H3,(H,27,28);(H,6,7)/t16-,17+,18-,19-,21+,22-,23+;/m0./s1. The molecular formula is C25H34F3NO6. The van der Waals surface area contributed by atoms with E-state index in [0.29, 0.717) is 24.2 Å².